The largest absolute Gasteiger partial charge is 0.350 e. The normalized spacial score (nSPS) is 10.1. The number of carbonyl (C=O) groups is 2. The summed E-state index contributed by atoms with van der Waals surface area (Å²) in [5.41, 5.74) is 0.866. The van der Waals surface area contributed by atoms with Gasteiger partial charge in [0.1, 0.15) is 0 Å². The number of aryl methyl sites for hydroxylation is 1. The number of nitrogens with one attached hydrogen (secondary N) is 2. The summed E-state index contributed by atoms with van der Waals surface area (Å²) >= 11 is 1.03. The first kappa shape index (κ1) is 16.6. The lowest BCUT2D eigenvalue weighted by atomic mass is 10.2. The van der Waals surface area contributed by atoms with Crippen molar-refractivity contribution in [3.63, 3.8) is 0 Å². The molecule has 0 radical (unpaired) electrons. The maximum Gasteiger partial charge on any atom is 0.283 e. The van der Waals surface area contributed by atoms with E-state index >= 15 is 0 Å². The molecule has 0 spiro atoms. The maximum absolute atomic E-state index is 11.9. The van der Waals surface area contributed by atoms with Gasteiger partial charge in [0.25, 0.3) is 11.6 Å². The minimum atomic E-state index is -0.533. The molecular formula is C15H15N3O4S. The molecule has 1 aromatic heterocycles. The van der Waals surface area contributed by atoms with E-state index < -0.39 is 10.8 Å². The third-order valence-electron chi connectivity index (χ3n) is 3.05. The van der Waals surface area contributed by atoms with Crippen molar-refractivity contribution in [3.8, 4) is 0 Å². The molecule has 2 rings (SSSR count). The summed E-state index contributed by atoms with van der Waals surface area (Å²) in [5.74, 6) is -0.828. The topological polar surface area (TPSA) is 101 Å². The number of thiophene rings is 1. The molecule has 1 aromatic carbocycles. The molecule has 0 fully saturated rings. The molecule has 0 aliphatic heterocycles. The highest BCUT2D eigenvalue weighted by atomic mass is 32.1. The fraction of sp³-hybridized carbons (Fsp3) is 0.200. The van der Waals surface area contributed by atoms with Crippen LogP contribution in [0.5, 0.6) is 0 Å². The van der Waals surface area contributed by atoms with E-state index in [0.717, 1.165) is 16.9 Å². The van der Waals surface area contributed by atoms with Crippen molar-refractivity contribution in [2.45, 2.75) is 13.5 Å². The van der Waals surface area contributed by atoms with Crippen molar-refractivity contribution >= 4 is 28.8 Å². The van der Waals surface area contributed by atoms with E-state index in [4.69, 9.17) is 0 Å². The average molecular weight is 333 g/mol. The van der Waals surface area contributed by atoms with Gasteiger partial charge in [-0.25, -0.2) is 0 Å². The first-order chi connectivity index (χ1) is 11.0. The molecule has 0 saturated carbocycles. The summed E-state index contributed by atoms with van der Waals surface area (Å²) in [7, 11) is 0. The third kappa shape index (κ3) is 4.62. The fourth-order valence-electron chi connectivity index (χ4n) is 1.87. The van der Waals surface area contributed by atoms with Crippen LogP contribution < -0.4 is 10.6 Å². The highest BCUT2D eigenvalue weighted by Gasteiger charge is 2.19. The van der Waals surface area contributed by atoms with Crippen LogP contribution in [0.2, 0.25) is 0 Å². The van der Waals surface area contributed by atoms with E-state index in [1.165, 1.54) is 6.07 Å². The number of rotatable bonds is 6. The van der Waals surface area contributed by atoms with E-state index in [2.05, 4.69) is 10.6 Å². The minimum Gasteiger partial charge on any atom is -0.350 e. The molecule has 2 N–H and O–H groups in total. The summed E-state index contributed by atoms with van der Waals surface area (Å²) in [6.07, 6.45) is 0. The first-order valence-corrected chi connectivity index (χ1v) is 7.62. The van der Waals surface area contributed by atoms with Gasteiger partial charge in [-0.1, -0.05) is 30.3 Å². The summed E-state index contributed by atoms with van der Waals surface area (Å²) in [5, 5.41) is 15.9. The van der Waals surface area contributed by atoms with Gasteiger partial charge >= 0.3 is 0 Å². The van der Waals surface area contributed by atoms with Crippen LogP contribution in [0, 0.1) is 17.0 Å². The molecule has 1 heterocycles. The molecule has 2 amide bonds. The van der Waals surface area contributed by atoms with Gasteiger partial charge in [0, 0.05) is 12.6 Å². The molecule has 7 nitrogen and oxygen atoms in total. The minimum absolute atomic E-state index is 0.0892. The van der Waals surface area contributed by atoms with Crippen molar-refractivity contribution < 1.29 is 14.5 Å². The molecule has 0 bridgehead atoms. The summed E-state index contributed by atoms with van der Waals surface area (Å²) in [4.78, 5) is 34.5. The van der Waals surface area contributed by atoms with Crippen molar-refractivity contribution in [1.29, 1.82) is 0 Å². The second kappa shape index (κ2) is 7.50. The van der Waals surface area contributed by atoms with Gasteiger partial charge in [-0.15, -0.1) is 11.3 Å². The Morgan fingerprint density at radius 1 is 1.22 bits per heavy atom. The van der Waals surface area contributed by atoms with Crippen LogP contribution in [-0.2, 0) is 11.3 Å². The Morgan fingerprint density at radius 3 is 2.52 bits per heavy atom. The van der Waals surface area contributed by atoms with Crippen LogP contribution in [0.1, 0.15) is 20.1 Å². The highest BCUT2D eigenvalue weighted by Crippen LogP contribution is 2.27. The molecule has 120 valence electrons. The fourth-order valence-corrected chi connectivity index (χ4v) is 2.78. The van der Waals surface area contributed by atoms with E-state index in [-0.39, 0.29) is 23.0 Å². The van der Waals surface area contributed by atoms with Crippen molar-refractivity contribution in [1.82, 2.24) is 10.6 Å². The molecule has 0 saturated heterocycles. The second-order valence-corrected chi connectivity index (χ2v) is 6.01. The summed E-state index contributed by atoms with van der Waals surface area (Å²) in [6, 6.07) is 10.6. The molecule has 0 unspecified atom stereocenters. The molecule has 2 aromatic rings. The number of hydrogen-bond donors (Lipinski definition) is 2. The molecule has 8 heteroatoms. The quantitative estimate of drug-likeness (QED) is 0.623. The Hall–Kier alpha value is -2.74. The van der Waals surface area contributed by atoms with Gasteiger partial charge in [-0.3, -0.25) is 19.7 Å². The van der Waals surface area contributed by atoms with Crippen LogP contribution in [0.4, 0.5) is 5.69 Å². The molecule has 0 aliphatic carbocycles. The van der Waals surface area contributed by atoms with Gasteiger partial charge in [0.15, 0.2) is 0 Å². The number of amides is 2. The second-order valence-electron chi connectivity index (χ2n) is 4.75. The van der Waals surface area contributed by atoms with Crippen molar-refractivity contribution in [2.75, 3.05) is 6.54 Å². The van der Waals surface area contributed by atoms with Crippen LogP contribution in [0.15, 0.2) is 36.4 Å². The van der Waals surface area contributed by atoms with Crippen LogP contribution >= 0.6 is 11.3 Å². The summed E-state index contributed by atoms with van der Waals surface area (Å²) in [6.45, 7) is 1.77. The Balaban J connectivity index is 1.83. The number of carbonyl (C=O) groups excluding carboxylic acids is 2. The van der Waals surface area contributed by atoms with Gasteiger partial charge in [-0.05, 0) is 12.5 Å². The molecule has 0 aliphatic rings. The highest BCUT2D eigenvalue weighted by molar-refractivity contribution is 7.14. The van der Waals surface area contributed by atoms with Gasteiger partial charge < -0.3 is 10.6 Å². The summed E-state index contributed by atoms with van der Waals surface area (Å²) < 4.78 is 0. The van der Waals surface area contributed by atoms with E-state index in [1.54, 1.807) is 6.92 Å². The van der Waals surface area contributed by atoms with Gasteiger partial charge in [0.05, 0.1) is 21.2 Å². The van der Waals surface area contributed by atoms with Crippen LogP contribution in [-0.4, -0.2) is 23.3 Å². The predicted octanol–water partition coefficient (Wildman–Crippen LogP) is 2.01. The van der Waals surface area contributed by atoms with E-state index in [9.17, 15) is 19.7 Å². The number of nitrogens with zero attached hydrogens (tertiary/aromatic N) is 1. The smallest absolute Gasteiger partial charge is 0.283 e. The lowest BCUT2D eigenvalue weighted by Gasteiger charge is -2.06. The number of hydrogen-bond acceptors (Lipinski definition) is 5. The lowest BCUT2D eigenvalue weighted by molar-refractivity contribution is -0.385. The van der Waals surface area contributed by atoms with Crippen molar-refractivity contribution in [3.05, 3.63) is 61.8 Å². The van der Waals surface area contributed by atoms with Crippen molar-refractivity contribution in [2.24, 2.45) is 0 Å². The maximum atomic E-state index is 11.9. The van der Waals surface area contributed by atoms with E-state index in [0.29, 0.717) is 11.4 Å². The van der Waals surface area contributed by atoms with Crippen LogP contribution in [0.25, 0.3) is 0 Å². The Kier molecular flexibility index (Phi) is 5.42. The number of benzene rings is 1. The number of nitro groups is 1. The van der Waals surface area contributed by atoms with Gasteiger partial charge in [0.2, 0.25) is 5.91 Å². The average Bonchev–Trinajstić information content (AvgIpc) is 2.94. The first-order valence-electron chi connectivity index (χ1n) is 6.81. The monoisotopic (exact) mass is 333 g/mol. The SMILES string of the molecule is Cc1sc(C(=O)NCC(=O)NCc2ccccc2)cc1[N+](=O)[O-]. The zero-order valence-electron chi connectivity index (χ0n) is 12.4. The Morgan fingerprint density at radius 2 is 1.91 bits per heavy atom. The molecular weight excluding hydrogens is 318 g/mol. The lowest BCUT2D eigenvalue weighted by Crippen LogP contribution is -2.36. The molecule has 23 heavy (non-hydrogen) atoms. The van der Waals surface area contributed by atoms with Gasteiger partial charge in [-0.2, -0.15) is 0 Å². The van der Waals surface area contributed by atoms with Crippen LogP contribution in [0.3, 0.4) is 0 Å². The molecule has 0 atom stereocenters. The predicted molar refractivity (Wildman–Crippen MR) is 86.3 cm³/mol. The zero-order chi connectivity index (χ0) is 16.8. The van der Waals surface area contributed by atoms with E-state index in [1.807, 2.05) is 30.3 Å². The Labute approximate surface area is 136 Å². The zero-order valence-corrected chi connectivity index (χ0v) is 13.2. The third-order valence-corrected chi connectivity index (χ3v) is 4.09. The Bertz CT molecular complexity index is 728. The standard InChI is InChI=1S/C15H15N3O4S/c1-10-12(18(21)22)7-13(23-10)15(20)17-9-14(19)16-8-11-5-3-2-4-6-11/h2-7H,8-9H2,1H3,(H,16,19)(H,17,20).